The molecule has 0 atom stereocenters. The number of nitriles is 1. The van der Waals surface area contributed by atoms with Crippen molar-refractivity contribution >= 4 is 12.0 Å². The van der Waals surface area contributed by atoms with Crippen LogP contribution < -0.4 is 9.47 Å². The average Bonchev–Trinajstić information content (AvgIpc) is 3.09. The van der Waals surface area contributed by atoms with Crippen molar-refractivity contribution in [2.75, 3.05) is 14.2 Å². The molecule has 0 unspecified atom stereocenters. The third-order valence-corrected chi connectivity index (χ3v) is 3.70. The molecule has 0 aliphatic rings. The zero-order valence-corrected chi connectivity index (χ0v) is 14.2. The number of hydrogen-bond donors (Lipinski definition) is 0. The fourth-order valence-corrected chi connectivity index (χ4v) is 2.40. The van der Waals surface area contributed by atoms with Gasteiger partial charge in [0.05, 0.1) is 14.2 Å². The van der Waals surface area contributed by atoms with Gasteiger partial charge in [-0.2, -0.15) is 5.26 Å². The van der Waals surface area contributed by atoms with Gasteiger partial charge in [0.25, 0.3) is 0 Å². The molecule has 0 fully saturated rings. The molecule has 130 valence electrons. The molecule has 0 N–H and O–H groups in total. The Morgan fingerprint density at radius 2 is 1.85 bits per heavy atom. The third kappa shape index (κ3) is 3.39. The van der Waals surface area contributed by atoms with Crippen LogP contribution in [0.2, 0.25) is 0 Å². The Morgan fingerprint density at radius 3 is 2.50 bits per heavy atom. The van der Waals surface area contributed by atoms with E-state index in [-0.39, 0.29) is 11.5 Å². The monoisotopic (exact) mass is 350 g/mol. The molecule has 1 heterocycles. The smallest absolute Gasteiger partial charge is 0.185 e. The highest BCUT2D eigenvalue weighted by atomic mass is 19.1. The van der Waals surface area contributed by atoms with Crippen LogP contribution in [0.25, 0.3) is 5.69 Å². The maximum atomic E-state index is 13.1. The Balaban J connectivity index is 1.99. The lowest BCUT2D eigenvalue weighted by atomic mass is 10.2. The molecule has 0 aliphatic heterocycles. The van der Waals surface area contributed by atoms with Crippen molar-refractivity contribution in [3.05, 3.63) is 65.9 Å². The molecule has 0 bridgehead atoms. The average molecular weight is 350 g/mol. The summed E-state index contributed by atoms with van der Waals surface area (Å²) in [6.07, 6.45) is 3.08. The summed E-state index contributed by atoms with van der Waals surface area (Å²) in [5.41, 5.74) is 1.59. The van der Waals surface area contributed by atoms with Gasteiger partial charge in [-0.15, -0.1) is 0 Å². The lowest BCUT2D eigenvalue weighted by Crippen LogP contribution is -1.94. The van der Waals surface area contributed by atoms with Crippen molar-refractivity contribution in [1.29, 1.82) is 5.26 Å². The molecule has 2 aromatic carbocycles. The van der Waals surface area contributed by atoms with E-state index >= 15 is 0 Å². The molecular weight excluding hydrogens is 335 g/mol. The van der Waals surface area contributed by atoms with Gasteiger partial charge in [0.1, 0.15) is 18.2 Å². The fourth-order valence-electron chi connectivity index (χ4n) is 2.40. The first-order valence-electron chi connectivity index (χ1n) is 7.65. The summed E-state index contributed by atoms with van der Waals surface area (Å²) in [6.45, 7) is 0. The molecule has 26 heavy (non-hydrogen) atoms. The standard InChI is InChI=1S/C19H15FN4O2/c1-25-17-8-3-13(9-18(17)26-2)11-22-19-16(10-21)23-12-24(19)15-6-4-14(20)5-7-15/h3-9,11-12H,1-2H3/b22-11+. The summed E-state index contributed by atoms with van der Waals surface area (Å²) in [7, 11) is 3.11. The first-order valence-corrected chi connectivity index (χ1v) is 7.65. The summed E-state index contributed by atoms with van der Waals surface area (Å²) >= 11 is 0. The van der Waals surface area contributed by atoms with Gasteiger partial charge < -0.3 is 9.47 Å². The maximum Gasteiger partial charge on any atom is 0.185 e. The Bertz CT molecular complexity index is 988. The van der Waals surface area contributed by atoms with Crippen LogP contribution in [0.3, 0.4) is 0 Å². The van der Waals surface area contributed by atoms with E-state index in [0.29, 0.717) is 23.0 Å². The van der Waals surface area contributed by atoms with Gasteiger partial charge in [0.2, 0.25) is 0 Å². The summed E-state index contributed by atoms with van der Waals surface area (Å²) in [4.78, 5) is 8.46. The van der Waals surface area contributed by atoms with E-state index < -0.39 is 0 Å². The highest BCUT2D eigenvalue weighted by Gasteiger charge is 2.11. The molecule has 0 spiro atoms. The lowest BCUT2D eigenvalue weighted by molar-refractivity contribution is 0.355. The molecule has 6 nitrogen and oxygen atoms in total. The quantitative estimate of drug-likeness (QED) is 0.659. The Kier molecular flexibility index (Phi) is 4.94. The molecule has 1 aromatic heterocycles. The van der Waals surface area contributed by atoms with E-state index in [4.69, 9.17) is 9.47 Å². The first-order chi connectivity index (χ1) is 12.7. The van der Waals surface area contributed by atoms with Gasteiger partial charge in [-0.1, -0.05) is 0 Å². The zero-order valence-electron chi connectivity index (χ0n) is 14.2. The van der Waals surface area contributed by atoms with E-state index in [1.54, 1.807) is 49.3 Å². The van der Waals surface area contributed by atoms with E-state index in [1.807, 2.05) is 12.1 Å². The molecule has 0 aliphatic carbocycles. The predicted octanol–water partition coefficient (Wildman–Crippen LogP) is 3.65. The van der Waals surface area contributed by atoms with Crippen molar-refractivity contribution in [3.63, 3.8) is 0 Å². The number of benzene rings is 2. The molecule has 0 amide bonds. The van der Waals surface area contributed by atoms with Crippen LogP contribution in [0, 0.1) is 17.1 Å². The zero-order chi connectivity index (χ0) is 18.5. The molecule has 0 radical (unpaired) electrons. The second kappa shape index (κ2) is 7.49. The minimum atomic E-state index is -0.343. The van der Waals surface area contributed by atoms with Gasteiger partial charge in [-0.25, -0.2) is 14.4 Å². The second-order valence-corrected chi connectivity index (χ2v) is 5.25. The van der Waals surface area contributed by atoms with Crippen LogP contribution >= 0.6 is 0 Å². The third-order valence-electron chi connectivity index (χ3n) is 3.70. The lowest BCUT2D eigenvalue weighted by Gasteiger charge is -2.08. The second-order valence-electron chi connectivity index (χ2n) is 5.25. The number of halogens is 1. The maximum absolute atomic E-state index is 13.1. The highest BCUT2D eigenvalue weighted by molar-refractivity contribution is 5.83. The van der Waals surface area contributed by atoms with Gasteiger partial charge in [-0.05, 0) is 48.0 Å². The number of aliphatic imine (C=N–C) groups is 1. The minimum Gasteiger partial charge on any atom is -0.493 e. The van der Waals surface area contributed by atoms with Crippen molar-refractivity contribution in [2.24, 2.45) is 4.99 Å². The van der Waals surface area contributed by atoms with Crippen LogP contribution in [0.1, 0.15) is 11.3 Å². The number of imidazole rings is 1. The van der Waals surface area contributed by atoms with Crippen LogP contribution in [0.15, 0.2) is 53.8 Å². The number of rotatable bonds is 5. The van der Waals surface area contributed by atoms with Crippen LogP contribution in [-0.2, 0) is 0 Å². The van der Waals surface area contributed by atoms with E-state index in [1.165, 1.54) is 18.5 Å². The Labute approximate surface area is 149 Å². The highest BCUT2D eigenvalue weighted by Crippen LogP contribution is 2.28. The largest absolute Gasteiger partial charge is 0.493 e. The number of nitrogens with zero attached hydrogens (tertiary/aromatic N) is 4. The van der Waals surface area contributed by atoms with Crippen molar-refractivity contribution in [2.45, 2.75) is 0 Å². The molecule has 7 heteroatoms. The van der Waals surface area contributed by atoms with Crippen molar-refractivity contribution in [3.8, 4) is 23.3 Å². The van der Waals surface area contributed by atoms with Crippen molar-refractivity contribution in [1.82, 2.24) is 9.55 Å². The van der Waals surface area contributed by atoms with E-state index in [2.05, 4.69) is 9.98 Å². The predicted molar refractivity (Wildman–Crippen MR) is 95.0 cm³/mol. The van der Waals surface area contributed by atoms with Gasteiger partial charge in [-0.3, -0.25) is 4.57 Å². The van der Waals surface area contributed by atoms with Gasteiger partial charge in [0.15, 0.2) is 23.0 Å². The van der Waals surface area contributed by atoms with E-state index in [0.717, 1.165) is 5.56 Å². The molecule has 0 saturated carbocycles. The van der Waals surface area contributed by atoms with Crippen LogP contribution in [0.5, 0.6) is 11.5 Å². The number of methoxy groups -OCH3 is 2. The molecular formula is C19H15FN4O2. The van der Waals surface area contributed by atoms with Crippen LogP contribution in [-0.4, -0.2) is 30.0 Å². The normalized spacial score (nSPS) is 10.7. The molecule has 3 aromatic rings. The van der Waals surface area contributed by atoms with Crippen molar-refractivity contribution < 1.29 is 13.9 Å². The fraction of sp³-hybridized carbons (Fsp3) is 0.105. The van der Waals surface area contributed by atoms with Gasteiger partial charge >= 0.3 is 0 Å². The van der Waals surface area contributed by atoms with Gasteiger partial charge in [0, 0.05) is 11.9 Å². The first kappa shape index (κ1) is 17.2. The number of aromatic nitrogens is 2. The molecule has 0 saturated heterocycles. The van der Waals surface area contributed by atoms with E-state index in [9.17, 15) is 9.65 Å². The summed E-state index contributed by atoms with van der Waals surface area (Å²) < 4.78 is 25.2. The molecule has 3 rings (SSSR count). The SMILES string of the molecule is COc1ccc(/C=N/c2c(C#N)ncn2-c2ccc(F)cc2)cc1OC. The summed E-state index contributed by atoms with van der Waals surface area (Å²) in [5.74, 6) is 1.20. The number of hydrogen-bond acceptors (Lipinski definition) is 5. The summed E-state index contributed by atoms with van der Waals surface area (Å²) in [5, 5.41) is 9.27. The Hall–Kier alpha value is -3.66. The van der Waals surface area contributed by atoms with Crippen LogP contribution in [0.4, 0.5) is 10.2 Å². The topological polar surface area (TPSA) is 72.4 Å². The minimum absolute atomic E-state index is 0.172. The Morgan fingerprint density at radius 1 is 1.12 bits per heavy atom. The number of ether oxygens (including phenoxy) is 2. The summed E-state index contributed by atoms with van der Waals surface area (Å²) in [6, 6.07) is 13.2.